The maximum atomic E-state index is 13.7. The predicted octanol–water partition coefficient (Wildman–Crippen LogP) is 3.93. The van der Waals surface area contributed by atoms with Crippen molar-refractivity contribution in [2.45, 2.75) is 20.4 Å². The summed E-state index contributed by atoms with van der Waals surface area (Å²) in [6.45, 7) is 3.78. The van der Waals surface area contributed by atoms with E-state index in [4.69, 9.17) is 13.9 Å². The van der Waals surface area contributed by atoms with Crippen LogP contribution in [-0.4, -0.2) is 30.0 Å². The van der Waals surface area contributed by atoms with Gasteiger partial charge in [0.1, 0.15) is 5.76 Å². The minimum Gasteiger partial charge on any atom is -0.494 e. The molecule has 0 N–H and O–H groups in total. The third kappa shape index (κ3) is 3.98. The van der Waals surface area contributed by atoms with Crippen LogP contribution in [0.2, 0.25) is 0 Å². The van der Waals surface area contributed by atoms with Gasteiger partial charge in [0.05, 0.1) is 25.5 Å². The van der Waals surface area contributed by atoms with Gasteiger partial charge in [0.25, 0.3) is 0 Å². The second-order valence-corrected chi connectivity index (χ2v) is 6.30. The van der Waals surface area contributed by atoms with Crippen molar-refractivity contribution in [2.24, 2.45) is 0 Å². The normalized spacial score (nSPS) is 10.7. The summed E-state index contributed by atoms with van der Waals surface area (Å²) >= 11 is 0. The second-order valence-electron chi connectivity index (χ2n) is 6.30. The fourth-order valence-corrected chi connectivity index (χ4v) is 2.97. The van der Waals surface area contributed by atoms with Gasteiger partial charge >= 0.3 is 5.97 Å². The van der Waals surface area contributed by atoms with E-state index in [2.05, 4.69) is 0 Å². The highest BCUT2D eigenvalue weighted by Crippen LogP contribution is 2.20. The summed E-state index contributed by atoms with van der Waals surface area (Å²) in [6.07, 6.45) is 1.59. The number of halogens is 1. The zero-order valence-corrected chi connectivity index (χ0v) is 15.8. The minimum absolute atomic E-state index is 0.00870. The van der Waals surface area contributed by atoms with E-state index in [1.54, 1.807) is 18.4 Å². The summed E-state index contributed by atoms with van der Waals surface area (Å²) in [5, 5.41) is 0. The zero-order valence-electron chi connectivity index (χ0n) is 15.8. The number of furan rings is 1. The average molecular weight is 385 g/mol. The smallest absolute Gasteiger partial charge is 0.338 e. The summed E-state index contributed by atoms with van der Waals surface area (Å²) in [7, 11) is 1.33. The van der Waals surface area contributed by atoms with Crippen LogP contribution >= 0.6 is 0 Å². The first-order valence-corrected chi connectivity index (χ1v) is 8.63. The summed E-state index contributed by atoms with van der Waals surface area (Å²) in [6, 6.07) is 9.13. The molecule has 2 heterocycles. The molecule has 146 valence electrons. The molecule has 0 bridgehead atoms. The fourth-order valence-electron chi connectivity index (χ4n) is 2.97. The number of aromatic nitrogens is 1. The number of nitrogens with zero attached hydrogens (tertiary/aromatic N) is 1. The van der Waals surface area contributed by atoms with Crippen molar-refractivity contribution in [1.82, 2.24) is 4.57 Å². The standard InChI is InChI=1S/C21H20FNO5/c1-13-9-17(14(2)23(13)11-16-5-4-8-27-16)19(24)12-28-21(25)15-6-7-20(26-3)18(22)10-15/h4-10H,11-12H2,1-3H3. The molecule has 28 heavy (non-hydrogen) atoms. The Kier molecular flexibility index (Phi) is 5.63. The van der Waals surface area contributed by atoms with Gasteiger partial charge in [-0.15, -0.1) is 0 Å². The number of esters is 1. The maximum absolute atomic E-state index is 13.7. The number of aryl methyl sites for hydroxylation is 1. The van der Waals surface area contributed by atoms with Gasteiger partial charge in [-0.05, 0) is 50.2 Å². The largest absolute Gasteiger partial charge is 0.494 e. The Morgan fingerprint density at radius 1 is 1.18 bits per heavy atom. The second kappa shape index (κ2) is 8.12. The van der Waals surface area contributed by atoms with Gasteiger partial charge in [0, 0.05) is 17.0 Å². The van der Waals surface area contributed by atoms with E-state index in [-0.39, 0.29) is 17.1 Å². The van der Waals surface area contributed by atoms with Gasteiger partial charge in [-0.2, -0.15) is 0 Å². The number of rotatable bonds is 7. The van der Waals surface area contributed by atoms with Crippen molar-refractivity contribution in [3.05, 3.63) is 76.8 Å². The lowest BCUT2D eigenvalue weighted by molar-refractivity contribution is 0.0474. The number of carbonyl (C=O) groups is 2. The fraction of sp³-hybridized carbons (Fsp3) is 0.238. The first kappa shape index (κ1) is 19.4. The third-order valence-electron chi connectivity index (χ3n) is 4.49. The predicted molar refractivity (Wildman–Crippen MR) is 99.3 cm³/mol. The monoisotopic (exact) mass is 385 g/mol. The number of carbonyl (C=O) groups excluding carboxylic acids is 2. The molecule has 0 aliphatic rings. The van der Waals surface area contributed by atoms with Gasteiger partial charge in [0.2, 0.25) is 5.78 Å². The van der Waals surface area contributed by atoms with E-state index in [0.29, 0.717) is 12.1 Å². The quantitative estimate of drug-likeness (QED) is 0.455. The summed E-state index contributed by atoms with van der Waals surface area (Å²) < 4.78 is 30.9. The molecule has 3 aromatic rings. The molecule has 0 saturated carbocycles. The number of Topliss-reactive ketones (excluding diaryl/α,β-unsaturated/α-hetero) is 1. The van der Waals surface area contributed by atoms with Crippen LogP contribution in [0.3, 0.4) is 0 Å². The number of methoxy groups -OCH3 is 1. The SMILES string of the molecule is COc1ccc(C(=O)OCC(=O)c2cc(C)n(Cc3ccco3)c2C)cc1F. The summed E-state index contributed by atoms with van der Waals surface area (Å²) in [4.78, 5) is 24.6. The maximum Gasteiger partial charge on any atom is 0.338 e. The van der Waals surface area contributed by atoms with Gasteiger partial charge in [0.15, 0.2) is 18.2 Å². The van der Waals surface area contributed by atoms with Crippen molar-refractivity contribution in [1.29, 1.82) is 0 Å². The van der Waals surface area contributed by atoms with E-state index in [1.165, 1.54) is 19.2 Å². The molecule has 2 aromatic heterocycles. The Labute approximate surface area is 161 Å². The highest BCUT2D eigenvalue weighted by Gasteiger charge is 2.19. The minimum atomic E-state index is -0.778. The van der Waals surface area contributed by atoms with Crippen LogP contribution in [0.15, 0.2) is 47.1 Å². The number of ketones is 1. The highest BCUT2D eigenvalue weighted by molar-refractivity contribution is 6.00. The molecule has 0 aliphatic heterocycles. The number of hydrogen-bond acceptors (Lipinski definition) is 5. The van der Waals surface area contributed by atoms with Crippen LogP contribution in [0.4, 0.5) is 4.39 Å². The molecule has 0 saturated heterocycles. The lowest BCUT2D eigenvalue weighted by atomic mass is 10.1. The lowest BCUT2D eigenvalue weighted by Gasteiger charge is -2.08. The molecular formula is C21H20FNO5. The average Bonchev–Trinajstić information content (AvgIpc) is 3.29. The molecule has 1 aromatic carbocycles. The van der Waals surface area contributed by atoms with Crippen LogP contribution in [0.25, 0.3) is 0 Å². The highest BCUT2D eigenvalue weighted by atomic mass is 19.1. The number of hydrogen-bond donors (Lipinski definition) is 0. The Morgan fingerprint density at radius 3 is 2.61 bits per heavy atom. The van der Waals surface area contributed by atoms with Gasteiger partial charge in [-0.25, -0.2) is 9.18 Å². The van der Waals surface area contributed by atoms with Crippen molar-refractivity contribution in [3.8, 4) is 5.75 Å². The Morgan fingerprint density at radius 2 is 1.96 bits per heavy atom. The van der Waals surface area contributed by atoms with E-state index in [1.807, 2.05) is 24.5 Å². The van der Waals surface area contributed by atoms with Crippen LogP contribution < -0.4 is 4.74 Å². The van der Waals surface area contributed by atoms with Crippen molar-refractivity contribution < 1.29 is 27.9 Å². The topological polar surface area (TPSA) is 70.7 Å². The van der Waals surface area contributed by atoms with E-state index in [9.17, 15) is 14.0 Å². The molecule has 0 aliphatic carbocycles. The van der Waals surface area contributed by atoms with Crippen LogP contribution in [0.1, 0.15) is 37.9 Å². The Bertz CT molecular complexity index is 1000. The third-order valence-corrected chi connectivity index (χ3v) is 4.49. The molecule has 0 fully saturated rings. The molecule has 0 radical (unpaired) electrons. The van der Waals surface area contributed by atoms with E-state index in [0.717, 1.165) is 23.2 Å². The van der Waals surface area contributed by atoms with E-state index < -0.39 is 18.4 Å². The zero-order chi connectivity index (χ0) is 20.3. The van der Waals surface area contributed by atoms with E-state index >= 15 is 0 Å². The Hall–Kier alpha value is -3.35. The number of benzene rings is 1. The van der Waals surface area contributed by atoms with Gasteiger partial charge in [-0.3, -0.25) is 4.79 Å². The van der Waals surface area contributed by atoms with Crippen molar-refractivity contribution in [3.63, 3.8) is 0 Å². The first-order chi connectivity index (χ1) is 13.4. The lowest BCUT2D eigenvalue weighted by Crippen LogP contribution is -2.15. The summed E-state index contributed by atoms with van der Waals surface area (Å²) in [5.41, 5.74) is 2.12. The number of ether oxygens (including phenoxy) is 2. The van der Waals surface area contributed by atoms with Crippen LogP contribution in [0.5, 0.6) is 5.75 Å². The van der Waals surface area contributed by atoms with Crippen molar-refractivity contribution in [2.75, 3.05) is 13.7 Å². The summed E-state index contributed by atoms with van der Waals surface area (Å²) in [5.74, 6) is -0.990. The molecule has 0 atom stereocenters. The molecule has 0 amide bonds. The molecule has 0 spiro atoms. The Balaban J connectivity index is 1.68. The molecule has 7 heteroatoms. The van der Waals surface area contributed by atoms with Crippen LogP contribution in [-0.2, 0) is 11.3 Å². The molecule has 3 rings (SSSR count). The van der Waals surface area contributed by atoms with Crippen LogP contribution in [0, 0.1) is 19.7 Å². The molecular weight excluding hydrogens is 365 g/mol. The molecule has 6 nitrogen and oxygen atoms in total. The van der Waals surface area contributed by atoms with Gasteiger partial charge in [-0.1, -0.05) is 0 Å². The molecule has 0 unspecified atom stereocenters. The first-order valence-electron chi connectivity index (χ1n) is 8.63. The van der Waals surface area contributed by atoms with Crippen molar-refractivity contribution >= 4 is 11.8 Å². The van der Waals surface area contributed by atoms with Gasteiger partial charge < -0.3 is 18.5 Å².